The fourth-order valence-corrected chi connectivity index (χ4v) is 2.68. The predicted octanol–water partition coefficient (Wildman–Crippen LogP) is 2.49. The summed E-state index contributed by atoms with van der Waals surface area (Å²) >= 11 is 0. The third-order valence-corrected chi connectivity index (χ3v) is 3.71. The second-order valence-corrected chi connectivity index (χ2v) is 4.95. The molecule has 1 aliphatic rings. The van der Waals surface area contributed by atoms with Crippen LogP contribution in [0.15, 0.2) is 18.2 Å². The zero-order valence-electron chi connectivity index (χ0n) is 10.6. The maximum absolute atomic E-state index is 13.6. The highest BCUT2D eigenvalue weighted by Gasteiger charge is 2.26. The molecule has 0 spiro atoms. The van der Waals surface area contributed by atoms with Crippen molar-refractivity contribution >= 4 is 11.7 Å². The highest BCUT2D eigenvalue weighted by atomic mass is 19.1. The van der Waals surface area contributed by atoms with Crippen molar-refractivity contribution in [3.63, 3.8) is 0 Å². The van der Waals surface area contributed by atoms with Gasteiger partial charge in [-0.1, -0.05) is 18.9 Å². The largest absolute Gasteiger partial charge is 0.478 e. The summed E-state index contributed by atoms with van der Waals surface area (Å²) in [5, 5.41) is 21.5. The number of halogens is 1. The molecule has 4 nitrogen and oxygen atoms in total. The Kier molecular flexibility index (Phi) is 4.37. The van der Waals surface area contributed by atoms with E-state index in [0.717, 1.165) is 31.7 Å². The summed E-state index contributed by atoms with van der Waals surface area (Å²) in [5.74, 6) is -1.93. The van der Waals surface area contributed by atoms with Crippen LogP contribution < -0.4 is 5.32 Å². The molecule has 2 atom stereocenters. The van der Waals surface area contributed by atoms with Gasteiger partial charge in [-0.25, -0.2) is 9.18 Å². The van der Waals surface area contributed by atoms with Crippen LogP contribution in [-0.4, -0.2) is 28.8 Å². The Morgan fingerprint density at radius 1 is 1.37 bits per heavy atom. The molecule has 0 saturated heterocycles. The lowest BCUT2D eigenvalue weighted by Gasteiger charge is -2.32. The minimum absolute atomic E-state index is 0.00125. The first-order valence-electron chi connectivity index (χ1n) is 6.52. The molecule has 0 aliphatic heterocycles. The van der Waals surface area contributed by atoms with Crippen LogP contribution in [0.1, 0.15) is 36.0 Å². The fourth-order valence-electron chi connectivity index (χ4n) is 2.68. The van der Waals surface area contributed by atoms with E-state index in [1.54, 1.807) is 6.07 Å². The van der Waals surface area contributed by atoms with Crippen molar-refractivity contribution in [1.82, 2.24) is 0 Å². The van der Waals surface area contributed by atoms with Crippen molar-refractivity contribution in [3.8, 4) is 0 Å². The van der Waals surface area contributed by atoms with Gasteiger partial charge in [0.1, 0.15) is 11.4 Å². The van der Waals surface area contributed by atoms with Crippen LogP contribution in [0.25, 0.3) is 0 Å². The average molecular weight is 267 g/mol. The molecule has 1 aromatic rings. The molecule has 1 saturated carbocycles. The molecule has 0 aromatic heterocycles. The van der Waals surface area contributed by atoms with Crippen LogP contribution >= 0.6 is 0 Å². The number of nitrogens with one attached hydrogen (secondary N) is 1. The van der Waals surface area contributed by atoms with Crippen LogP contribution in [0, 0.1) is 11.7 Å². The number of aliphatic hydroxyl groups is 1. The topological polar surface area (TPSA) is 69.6 Å². The predicted molar refractivity (Wildman–Crippen MR) is 69.8 cm³/mol. The number of aromatic carboxylic acids is 1. The van der Waals surface area contributed by atoms with Crippen LogP contribution in [-0.2, 0) is 0 Å². The van der Waals surface area contributed by atoms with Crippen molar-refractivity contribution in [2.45, 2.75) is 31.7 Å². The Morgan fingerprint density at radius 2 is 2.11 bits per heavy atom. The Labute approximate surface area is 111 Å². The smallest absolute Gasteiger partial charge is 0.340 e. The van der Waals surface area contributed by atoms with Crippen LogP contribution in [0.3, 0.4) is 0 Å². The number of hydrogen-bond donors (Lipinski definition) is 3. The second kappa shape index (κ2) is 6.02. The van der Waals surface area contributed by atoms with Crippen molar-refractivity contribution < 1.29 is 19.4 Å². The Balaban J connectivity index is 2.22. The Hall–Kier alpha value is -1.62. The third-order valence-electron chi connectivity index (χ3n) is 3.71. The van der Waals surface area contributed by atoms with E-state index >= 15 is 0 Å². The van der Waals surface area contributed by atoms with Gasteiger partial charge in [0.2, 0.25) is 0 Å². The van der Waals surface area contributed by atoms with E-state index in [4.69, 9.17) is 5.11 Å². The summed E-state index contributed by atoms with van der Waals surface area (Å²) in [7, 11) is 0. The van der Waals surface area contributed by atoms with Gasteiger partial charge < -0.3 is 15.5 Å². The van der Waals surface area contributed by atoms with Gasteiger partial charge in [-0.2, -0.15) is 0 Å². The van der Waals surface area contributed by atoms with E-state index in [-0.39, 0.29) is 29.8 Å². The van der Waals surface area contributed by atoms with Gasteiger partial charge in [0.25, 0.3) is 0 Å². The molecule has 0 bridgehead atoms. The molecular weight excluding hydrogens is 249 g/mol. The molecule has 19 heavy (non-hydrogen) atoms. The van der Waals surface area contributed by atoms with E-state index in [1.807, 2.05) is 0 Å². The summed E-state index contributed by atoms with van der Waals surface area (Å²) in [6.07, 6.45) is 3.87. The molecule has 0 heterocycles. The molecule has 104 valence electrons. The van der Waals surface area contributed by atoms with Gasteiger partial charge in [-0.15, -0.1) is 0 Å². The maximum atomic E-state index is 13.6. The number of rotatable bonds is 4. The molecule has 0 radical (unpaired) electrons. The normalized spacial score (nSPS) is 23.1. The summed E-state index contributed by atoms with van der Waals surface area (Å²) in [6.45, 7) is 0.0649. The zero-order chi connectivity index (χ0) is 13.8. The number of anilines is 1. The lowest BCUT2D eigenvalue weighted by molar-refractivity contribution is 0.0693. The van der Waals surface area contributed by atoms with E-state index in [2.05, 4.69) is 5.32 Å². The molecule has 1 fully saturated rings. The van der Waals surface area contributed by atoms with Gasteiger partial charge in [0.15, 0.2) is 0 Å². The standard InChI is InChI=1S/C14H18FNO3/c15-10-5-3-7-12(13(10)14(18)19)16-11-6-2-1-4-9(11)8-17/h3,5,7,9,11,16-17H,1-2,4,6,8H2,(H,18,19). The number of hydrogen-bond acceptors (Lipinski definition) is 3. The summed E-state index contributed by atoms with van der Waals surface area (Å²) in [6, 6.07) is 4.19. The van der Waals surface area contributed by atoms with Gasteiger partial charge in [0, 0.05) is 18.6 Å². The van der Waals surface area contributed by atoms with E-state index < -0.39 is 11.8 Å². The molecule has 2 rings (SSSR count). The first kappa shape index (κ1) is 13.8. The van der Waals surface area contributed by atoms with Gasteiger partial charge in [0.05, 0.1) is 5.69 Å². The Bertz CT molecular complexity index is 464. The fraction of sp³-hybridized carbons (Fsp3) is 0.500. The molecule has 1 aromatic carbocycles. The summed E-state index contributed by atoms with van der Waals surface area (Å²) < 4.78 is 13.6. The highest BCUT2D eigenvalue weighted by molar-refractivity contribution is 5.94. The van der Waals surface area contributed by atoms with Crippen LogP contribution in [0.2, 0.25) is 0 Å². The third kappa shape index (κ3) is 3.04. The minimum Gasteiger partial charge on any atom is -0.478 e. The number of carbonyl (C=O) groups is 1. The first-order chi connectivity index (χ1) is 9.13. The summed E-state index contributed by atoms with van der Waals surface area (Å²) in [5.41, 5.74) is -0.0392. The zero-order valence-corrected chi connectivity index (χ0v) is 10.6. The quantitative estimate of drug-likeness (QED) is 0.784. The monoisotopic (exact) mass is 267 g/mol. The molecule has 2 unspecified atom stereocenters. The van der Waals surface area contributed by atoms with Crippen molar-refractivity contribution in [1.29, 1.82) is 0 Å². The van der Waals surface area contributed by atoms with Gasteiger partial charge >= 0.3 is 5.97 Å². The van der Waals surface area contributed by atoms with E-state index in [0.29, 0.717) is 0 Å². The molecule has 3 N–H and O–H groups in total. The van der Waals surface area contributed by atoms with Gasteiger partial charge in [-0.3, -0.25) is 0 Å². The highest BCUT2D eigenvalue weighted by Crippen LogP contribution is 2.29. The second-order valence-electron chi connectivity index (χ2n) is 4.95. The molecule has 1 aliphatic carbocycles. The molecular formula is C14H18FNO3. The van der Waals surface area contributed by atoms with E-state index in [1.165, 1.54) is 6.07 Å². The number of carboxylic acids is 1. The maximum Gasteiger partial charge on any atom is 0.340 e. The Morgan fingerprint density at radius 3 is 2.79 bits per heavy atom. The minimum atomic E-state index is -1.28. The number of carboxylic acid groups (broad SMARTS) is 1. The number of benzene rings is 1. The number of aliphatic hydroxyl groups excluding tert-OH is 1. The van der Waals surface area contributed by atoms with Crippen molar-refractivity contribution in [2.75, 3.05) is 11.9 Å². The lowest BCUT2D eigenvalue weighted by Crippen LogP contribution is -2.34. The van der Waals surface area contributed by atoms with Crippen LogP contribution in [0.5, 0.6) is 0 Å². The van der Waals surface area contributed by atoms with Gasteiger partial charge in [-0.05, 0) is 25.0 Å². The molecule has 5 heteroatoms. The van der Waals surface area contributed by atoms with Crippen LogP contribution in [0.4, 0.5) is 10.1 Å². The van der Waals surface area contributed by atoms with Crippen molar-refractivity contribution in [2.24, 2.45) is 5.92 Å². The lowest BCUT2D eigenvalue weighted by atomic mass is 9.85. The average Bonchev–Trinajstić information content (AvgIpc) is 2.39. The van der Waals surface area contributed by atoms with E-state index in [9.17, 15) is 14.3 Å². The SMILES string of the molecule is O=C(O)c1c(F)cccc1NC1CCCCC1CO. The summed E-state index contributed by atoms with van der Waals surface area (Å²) in [4.78, 5) is 11.1. The van der Waals surface area contributed by atoms with Crippen molar-refractivity contribution in [3.05, 3.63) is 29.6 Å². The molecule has 0 amide bonds. The first-order valence-corrected chi connectivity index (χ1v) is 6.52.